The van der Waals surface area contributed by atoms with Gasteiger partial charge >= 0.3 is 0 Å². The van der Waals surface area contributed by atoms with Crippen molar-refractivity contribution in [2.75, 3.05) is 0 Å². The van der Waals surface area contributed by atoms with E-state index in [9.17, 15) is 4.79 Å². The van der Waals surface area contributed by atoms with Crippen LogP contribution in [0.5, 0.6) is 0 Å². The van der Waals surface area contributed by atoms with Gasteiger partial charge in [-0.3, -0.25) is 9.20 Å². The second-order valence-electron chi connectivity index (χ2n) is 3.71. The maximum absolute atomic E-state index is 11.7. The topological polar surface area (TPSA) is 72.4 Å². The number of carbonyl (C=O) groups is 1. The molecule has 0 aliphatic carbocycles. The van der Waals surface area contributed by atoms with Gasteiger partial charge in [0.25, 0.3) is 5.91 Å². The highest BCUT2D eigenvalue weighted by Gasteiger charge is 2.10. The van der Waals surface area contributed by atoms with Crippen LogP contribution in [-0.4, -0.2) is 20.5 Å². The summed E-state index contributed by atoms with van der Waals surface area (Å²) in [5, 5.41) is 10.7. The van der Waals surface area contributed by atoms with E-state index < -0.39 is 0 Å². The fourth-order valence-electron chi connectivity index (χ4n) is 1.67. The number of carbonyl (C=O) groups excluding carboxylic acids is 1. The van der Waals surface area contributed by atoms with E-state index in [0.29, 0.717) is 12.4 Å². The molecule has 0 bridgehead atoms. The van der Waals surface area contributed by atoms with Crippen molar-refractivity contribution in [3.05, 3.63) is 54.4 Å². The van der Waals surface area contributed by atoms with Crippen LogP contribution in [0.4, 0.5) is 0 Å². The molecule has 0 aliphatic heterocycles. The number of amides is 1. The average molecular weight is 242 g/mol. The standard InChI is InChI=1S/C12H10N4O2/c17-12(9-4-3-7-18-9)13-8-11-15-14-10-5-1-2-6-16(10)11/h1-7H,8H2,(H,13,17). The second-order valence-corrected chi connectivity index (χ2v) is 3.71. The van der Waals surface area contributed by atoms with E-state index in [4.69, 9.17) is 4.42 Å². The number of hydrogen-bond acceptors (Lipinski definition) is 4. The van der Waals surface area contributed by atoms with Gasteiger partial charge in [0.2, 0.25) is 0 Å². The first-order valence-electron chi connectivity index (χ1n) is 5.45. The number of furan rings is 1. The third-order valence-electron chi connectivity index (χ3n) is 2.54. The van der Waals surface area contributed by atoms with E-state index in [1.54, 1.807) is 12.1 Å². The molecule has 0 radical (unpaired) electrons. The minimum absolute atomic E-state index is 0.271. The van der Waals surface area contributed by atoms with Gasteiger partial charge in [-0.2, -0.15) is 0 Å². The van der Waals surface area contributed by atoms with E-state index in [0.717, 1.165) is 5.65 Å². The molecule has 0 aromatic carbocycles. The van der Waals surface area contributed by atoms with Crippen LogP contribution in [-0.2, 0) is 6.54 Å². The first-order chi connectivity index (χ1) is 8.84. The summed E-state index contributed by atoms with van der Waals surface area (Å²) in [6, 6.07) is 8.90. The molecule has 0 unspecified atom stereocenters. The lowest BCUT2D eigenvalue weighted by Gasteiger charge is -2.01. The Morgan fingerprint density at radius 2 is 2.22 bits per heavy atom. The zero-order valence-corrected chi connectivity index (χ0v) is 9.41. The Balaban J connectivity index is 1.76. The molecule has 3 aromatic rings. The Bertz CT molecular complexity index is 672. The number of rotatable bonds is 3. The first kappa shape index (κ1) is 10.5. The van der Waals surface area contributed by atoms with E-state index in [1.807, 2.05) is 28.8 Å². The van der Waals surface area contributed by atoms with Gasteiger partial charge in [-0.15, -0.1) is 10.2 Å². The first-order valence-corrected chi connectivity index (χ1v) is 5.45. The van der Waals surface area contributed by atoms with Crippen molar-refractivity contribution in [2.24, 2.45) is 0 Å². The SMILES string of the molecule is O=C(NCc1nnc2ccccn12)c1ccco1. The number of hydrogen-bond donors (Lipinski definition) is 1. The van der Waals surface area contributed by atoms with E-state index in [2.05, 4.69) is 15.5 Å². The number of pyridine rings is 1. The van der Waals surface area contributed by atoms with Crippen molar-refractivity contribution in [3.63, 3.8) is 0 Å². The summed E-state index contributed by atoms with van der Waals surface area (Å²) in [6.45, 7) is 0.296. The summed E-state index contributed by atoms with van der Waals surface area (Å²) in [7, 11) is 0. The molecule has 6 heteroatoms. The molecule has 1 N–H and O–H groups in total. The van der Waals surface area contributed by atoms with Crippen LogP contribution in [0.2, 0.25) is 0 Å². The minimum atomic E-state index is -0.271. The van der Waals surface area contributed by atoms with Gasteiger partial charge in [0, 0.05) is 6.20 Å². The number of nitrogens with zero attached hydrogens (tertiary/aromatic N) is 3. The quantitative estimate of drug-likeness (QED) is 0.750. The molecule has 90 valence electrons. The Morgan fingerprint density at radius 1 is 1.28 bits per heavy atom. The molecule has 0 saturated carbocycles. The van der Waals surface area contributed by atoms with Crippen LogP contribution in [0.3, 0.4) is 0 Å². The van der Waals surface area contributed by atoms with Crippen LogP contribution in [0, 0.1) is 0 Å². The maximum atomic E-state index is 11.7. The van der Waals surface area contributed by atoms with Crippen LogP contribution in [0.1, 0.15) is 16.4 Å². The molecule has 3 rings (SSSR count). The fourth-order valence-corrected chi connectivity index (χ4v) is 1.67. The highest BCUT2D eigenvalue weighted by Crippen LogP contribution is 2.03. The molecular weight excluding hydrogens is 232 g/mol. The molecular formula is C12H10N4O2. The summed E-state index contributed by atoms with van der Waals surface area (Å²) < 4.78 is 6.82. The molecule has 6 nitrogen and oxygen atoms in total. The predicted molar refractivity (Wildman–Crippen MR) is 62.9 cm³/mol. The Labute approximate surface area is 102 Å². The van der Waals surface area contributed by atoms with Crippen molar-refractivity contribution in [1.29, 1.82) is 0 Å². The fraction of sp³-hybridized carbons (Fsp3) is 0.0833. The molecule has 0 spiro atoms. The van der Waals surface area contributed by atoms with Gasteiger partial charge in [0.1, 0.15) is 0 Å². The van der Waals surface area contributed by atoms with E-state index in [1.165, 1.54) is 6.26 Å². The smallest absolute Gasteiger partial charge is 0.287 e. The predicted octanol–water partition coefficient (Wildman–Crippen LogP) is 1.25. The van der Waals surface area contributed by atoms with Crippen LogP contribution >= 0.6 is 0 Å². The summed E-state index contributed by atoms with van der Waals surface area (Å²) in [5.74, 6) is 0.682. The number of nitrogens with one attached hydrogen (secondary N) is 1. The monoisotopic (exact) mass is 242 g/mol. The van der Waals surface area contributed by atoms with Gasteiger partial charge in [0.15, 0.2) is 17.2 Å². The normalized spacial score (nSPS) is 10.7. The largest absolute Gasteiger partial charge is 0.459 e. The molecule has 18 heavy (non-hydrogen) atoms. The second kappa shape index (κ2) is 4.33. The summed E-state index contributed by atoms with van der Waals surface area (Å²) >= 11 is 0. The molecule has 0 atom stereocenters. The molecule has 3 heterocycles. The zero-order chi connectivity index (χ0) is 12.4. The third-order valence-corrected chi connectivity index (χ3v) is 2.54. The van der Waals surface area contributed by atoms with Crippen LogP contribution < -0.4 is 5.32 Å². The number of aromatic nitrogens is 3. The van der Waals surface area contributed by atoms with E-state index >= 15 is 0 Å². The van der Waals surface area contributed by atoms with Crippen molar-refractivity contribution in [2.45, 2.75) is 6.54 Å². The highest BCUT2D eigenvalue weighted by atomic mass is 16.3. The lowest BCUT2D eigenvalue weighted by molar-refractivity contribution is 0.0922. The molecule has 1 amide bonds. The molecule has 0 aliphatic rings. The lowest BCUT2D eigenvalue weighted by Crippen LogP contribution is -2.23. The van der Waals surface area contributed by atoms with Gasteiger partial charge in [-0.25, -0.2) is 0 Å². The lowest BCUT2D eigenvalue weighted by atomic mass is 10.4. The van der Waals surface area contributed by atoms with Gasteiger partial charge in [-0.05, 0) is 24.3 Å². The van der Waals surface area contributed by atoms with Gasteiger partial charge in [-0.1, -0.05) is 6.07 Å². The van der Waals surface area contributed by atoms with Crippen molar-refractivity contribution < 1.29 is 9.21 Å². The van der Waals surface area contributed by atoms with Crippen molar-refractivity contribution in [1.82, 2.24) is 19.9 Å². The Kier molecular flexibility index (Phi) is 2.53. The molecule has 0 fully saturated rings. The average Bonchev–Trinajstić information content (AvgIpc) is 3.06. The van der Waals surface area contributed by atoms with Gasteiger partial charge < -0.3 is 9.73 Å². The maximum Gasteiger partial charge on any atom is 0.287 e. The molecule has 0 saturated heterocycles. The van der Waals surface area contributed by atoms with Crippen LogP contribution in [0.15, 0.2) is 47.2 Å². The summed E-state index contributed by atoms with van der Waals surface area (Å²) in [4.78, 5) is 11.7. The third kappa shape index (κ3) is 1.84. The number of fused-ring (bicyclic) bond motifs is 1. The van der Waals surface area contributed by atoms with Crippen molar-refractivity contribution >= 4 is 11.6 Å². The molecule has 3 aromatic heterocycles. The zero-order valence-electron chi connectivity index (χ0n) is 9.41. The Hall–Kier alpha value is -2.63. The minimum Gasteiger partial charge on any atom is -0.459 e. The highest BCUT2D eigenvalue weighted by molar-refractivity contribution is 5.91. The van der Waals surface area contributed by atoms with Crippen molar-refractivity contribution in [3.8, 4) is 0 Å². The van der Waals surface area contributed by atoms with Crippen LogP contribution in [0.25, 0.3) is 5.65 Å². The Morgan fingerprint density at radius 3 is 3.06 bits per heavy atom. The van der Waals surface area contributed by atoms with E-state index in [-0.39, 0.29) is 11.7 Å². The summed E-state index contributed by atoms with van der Waals surface area (Å²) in [6.07, 6.45) is 3.31. The van der Waals surface area contributed by atoms with Gasteiger partial charge in [0.05, 0.1) is 12.8 Å². The summed E-state index contributed by atoms with van der Waals surface area (Å²) in [5.41, 5.74) is 0.750.